The van der Waals surface area contributed by atoms with Crippen LogP contribution in [0.15, 0.2) is 420 Å². The maximum absolute atomic E-state index is 12.4. The third-order valence-electron chi connectivity index (χ3n) is 23.5. The van der Waals surface area contributed by atoms with Gasteiger partial charge in [0.1, 0.15) is 5.60 Å². The fourth-order valence-electron chi connectivity index (χ4n) is 18.0. The first-order chi connectivity index (χ1) is 59.0. The number of rotatable bonds is 8. The molecule has 5 nitrogen and oxygen atoms in total. The van der Waals surface area contributed by atoms with Crippen molar-refractivity contribution in [2.45, 2.75) is 30.8 Å². The van der Waals surface area contributed by atoms with Crippen LogP contribution in [0.1, 0.15) is 74.6 Å². The number of fused-ring (bicyclic) bond motifs is 20. The number of benzene rings is 18. The third kappa shape index (κ3) is 14.7. The molecule has 19 aromatic rings. The van der Waals surface area contributed by atoms with E-state index in [0.29, 0.717) is 17.5 Å². The number of carbonyl (C=O) groups excluding carboxylic acids is 1. The summed E-state index contributed by atoms with van der Waals surface area (Å²) in [6, 6.07) is 141. The number of carbonyl (C=O) groups is 1. The molecule has 0 aliphatic heterocycles. The molecule has 1 N–H and O–H groups in total. The summed E-state index contributed by atoms with van der Waals surface area (Å²) >= 11 is 10.8. The molecule has 582 valence electrons. The molecule has 18 aromatic carbocycles. The van der Waals surface area contributed by atoms with Gasteiger partial charge in [0, 0.05) is 69.1 Å². The SMILES string of the molecule is Brc1ccccc1-c1ccc2ccccc2c1.Cl.O=C1c2ccccc2-c2c(Br)cccc21.OC1(c2ccccc2-c2ccc3ccccc3c2)c2ccccc2-c2c(Br)cccc21.[CH2-]CCC.[Li+].c1ccc(-c2cccc(-c3nc(-c4ccccc4)nc(-c4cccc5c4-c4ccccc4C54c5ccccc5-c5ccc6ccccc6c54)n3)c2)cc1. The maximum atomic E-state index is 12.4. The minimum Gasteiger partial charge on any atom is -0.376 e. The van der Waals surface area contributed by atoms with Gasteiger partial charge in [-0.15, -0.1) is 12.4 Å². The summed E-state index contributed by atoms with van der Waals surface area (Å²) in [4.78, 5) is 27.7. The molecule has 0 amide bonds. The Kier molecular flexibility index (Phi) is 23.8. The van der Waals surface area contributed by atoms with E-state index in [2.05, 4.69) is 347 Å². The molecule has 4 aliphatic carbocycles. The van der Waals surface area contributed by atoms with Crippen LogP contribution in [0.5, 0.6) is 0 Å². The van der Waals surface area contributed by atoms with E-state index < -0.39 is 11.0 Å². The van der Waals surface area contributed by atoms with Gasteiger partial charge in [0.25, 0.3) is 0 Å². The Bertz CT molecular complexity index is 7200. The summed E-state index contributed by atoms with van der Waals surface area (Å²) in [5, 5.41) is 19.9. The molecule has 0 fully saturated rings. The third-order valence-corrected chi connectivity index (χ3v) is 25.5. The molecule has 0 saturated heterocycles. The largest absolute Gasteiger partial charge is 1.00 e. The van der Waals surface area contributed by atoms with Crippen LogP contribution in [0, 0.1) is 6.92 Å². The number of hydrogen-bond acceptors (Lipinski definition) is 5. The van der Waals surface area contributed by atoms with Gasteiger partial charge in [-0.2, -0.15) is 6.42 Å². The van der Waals surface area contributed by atoms with E-state index in [0.717, 1.165) is 109 Å². The monoisotopic (exact) mass is 1780 g/mol. The van der Waals surface area contributed by atoms with Crippen LogP contribution in [0.2, 0.25) is 0 Å². The Balaban J connectivity index is 0.000000128. The van der Waals surface area contributed by atoms with Crippen LogP contribution in [-0.4, -0.2) is 25.8 Å². The standard InChI is InChI=1S/C50H31N3.C29H19BrO.C16H11Br.C13H7BrO.C4H9.ClH.Li/c1-3-15-32(16-4-1)35-20-13-21-36(31-35)48-51-47(34-18-5-2-6-19-34)52-49(53-48)41-25-14-28-44-45(41)40-24-10-12-27-43(40)50(44)42-26-11-9-23-38(42)39-30-29-33-17-7-8-22-37(33)46(39)50;30-27-15-7-14-26-28(27)23-11-4-6-13-25(23)29(26,31)24-12-5-3-10-22(24)21-17-16-19-8-1-2-9-20(19)18-21;17-16-8-4-3-7-15(16)14-10-9-12-5-1-2-6-13(12)11-14;14-11-7-3-6-10-12(11)8-4-1-2-5-9(8)13(10)15;1-3-4-2;;/h1-31H;1-18,31H;1-11H;1-7H;1,3-4H2,2H3;1H;/q;;;;-1;;+1. The van der Waals surface area contributed by atoms with Crippen molar-refractivity contribution in [3.8, 4) is 112 Å². The average molecular weight is 1780 g/mol. The number of unbranched alkanes of at least 4 members (excludes halogenated alkanes) is 1. The van der Waals surface area contributed by atoms with Gasteiger partial charge in [-0.3, -0.25) is 4.79 Å². The molecule has 1 spiro atoms. The molecule has 4 aliphatic rings. The second-order valence-corrected chi connectivity index (χ2v) is 32.9. The van der Waals surface area contributed by atoms with E-state index in [4.69, 9.17) is 15.0 Å². The zero-order valence-electron chi connectivity index (χ0n) is 67.0. The van der Waals surface area contributed by atoms with Crippen molar-refractivity contribution in [3.63, 3.8) is 0 Å². The molecular weight excluding hydrogens is 1700 g/mol. The first-order valence-corrected chi connectivity index (χ1v) is 42.9. The summed E-state index contributed by atoms with van der Waals surface area (Å²) in [7, 11) is 0. The molecule has 10 heteroatoms. The summed E-state index contributed by atoms with van der Waals surface area (Å²) in [6.45, 7) is 5.72. The zero-order valence-corrected chi connectivity index (χ0v) is 72.6. The average Bonchev–Trinajstić information content (AvgIpc) is 1.49. The van der Waals surface area contributed by atoms with Crippen molar-refractivity contribution in [1.29, 1.82) is 0 Å². The Morgan fingerprint density at radius 1 is 0.287 bits per heavy atom. The smallest absolute Gasteiger partial charge is 0.376 e. The van der Waals surface area contributed by atoms with Crippen LogP contribution >= 0.6 is 60.2 Å². The number of aliphatic hydroxyl groups is 1. The molecule has 1 heterocycles. The van der Waals surface area contributed by atoms with E-state index in [-0.39, 0.29) is 37.1 Å². The summed E-state index contributed by atoms with van der Waals surface area (Å²) < 4.78 is 3.12. The van der Waals surface area contributed by atoms with Crippen molar-refractivity contribution < 1.29 is 28.8 Å². The number of ketones is 1. The van der Waals surface area contributed by atoms with Crippen LogP contribution in [-0.2, 0) is 11.0 Å². The summed E-state index contributed by atoms with van der Waals surface area (Å²) in [5.41, 5.74) is 26.8. The van der Waals surface area contributed by atoms with Crippen molar-refractivity contribution in [1.82, 2.24) is 15.0 Å². The minimum atomic E-state index is -1.22. The molecular formula is C112H78Br3ClLiN3O2. The topological polar surface area (TPSA) is 76.0 Å². The number of nitrogens with zero attached hydrogens (tertiary/aromatic N) is 3. The quantitative estimate of drug-likeness (QED) is 0.121. The molecule has 1 aromatic heterocycles. The Morgan fingerprint density at radius 3 is 1.34 bits per heavy atom. The molecule has 122 heavy (non-hydrogen) atoms. The molecule has 2 unspecified atom stereocenters. The Hall–Kier alpha value is -12.3. The minimum absolute atomic E-state index is 0. The van der Waals surface area contributed by atoms with Crippen LogP contribution in [0.3, 0.4) is 0 Å². The second kappa shape index (κ2) is 35.4. The van der Waals surface area contributed by atoms with E-state index in [1.54, 1.807) is 0 Å². The normalized spacial score (nSPS) is 14.0. The van der Waals surface area contributed by atoms with Gasteiger partial charge in [-0.25, -0.2) is 15.0 Å². The number of halogens is 4. The summed E-state index contributed by atoms with van der Waals surface area (Å²) in [5.74, 6) is 2.08. The first kappa shape index (κ1) is 82.0. The molecule has 2 atom stereocenters. The Labute approximate surface area is 755 Å². The second-order valence-electron chi connectivity index (χ2n) is 30.4. The van der Waals surface area contributed by atoms with Gasteiger partial charge in [-0.05, 0) is 158 Å². The van der Waals surface area contributed by atoms with Crippen molar-refractivity contribution in [2.75, 3.05) is 0 Å². The van der Waals surface area contributed by atoms with Crippen molar-refractivity contribution in [2.24, 2.45) is 0 Å². The van der Waals surface area contributed by atoms with Crippen molar-refractivity contribution in [3.05, 3.63) is 477 Å². The maximum Gasteiger partial charge on any atom is 1.00 e. The molecule has 0 bridgehead atoms. The first-order valence-electron chi connectivity index (χ1n) is 40.5. The molecule has 0 radical (unpaired) electrons. The molecule has 23 rings (SSSR count). The fourth-order valence-corrected chi connectivity index (χ4v) is 19.7. The van der Waals surface area contributed by atoms with Crippen LogP contribution in [0.25, 0.3) is 144 Å². The van der Waals surface area contributed by atoms with Gasteiger partial charge >= 0.3 is 18.9 Å². The van der Waals surface area contributed by atoms with Gasteiger partial charge in [0.05, 0.1) is 5.41 Å². The van der Waals surface area contributed by atoms with Gasteiger partial charge in [0.15, 0.2) is 23.3 Å². The number of aromatic nitrogens is 3. The van der Waals surface area contributed by atoms with E-state index in [1.165, 1.54) is 94.4 Å². The van der Waals surface area contributed by atoms with E-state index in [9.17, 15) is 9.90 Å². The predicted molar refractivity (Wildman–Crippen MR) is 514 cm³/mol. The van der Waals surface area contributed by atoms with Crippen molar-refractivity contribution >= 4 is 98.3 Å². The van der Waals surface area contributed by atoms with E-state index >= 15 is 0 Å². The van der Waals surface area contributed by atoms with E-state index in [1.807, 2.05) is 121 Å². The fraction of sp³-hybridized carbons (Fsp3) is 0.0446. The summed E-state index contributed by atoms with van der Waals surface area (Å²) in [6.07, 6.45) is 2.28. The van der Waals surface area contributed by atoms with Crippen LogP contribution in [0.4, 0.5) is 0 Å². The van der Waals surface area contributed by atoms with Crippen LogP contribution < -0.4 is 18.9 Å². The Morgan fingerprint density at radius 2 is 0.689 bits per heavy atom. The van der Waals surface area contributed by atoms with Gasteiger partial charge < -0.3 is 12.0 Å². The van der Waals surface area contributed by atoms with Gasteiger partial charge in [0.2, 0.25) is 0 Å². The zero-order chi connectivity index (χ0) is 81.4. The predicted octanol–water partition coefficient (Wildman–Crippen LogP) is 27.5. The van der Waals surface area contributed by atoms with Gasteiger partial charge in [-0.1, -0.05) is 431 Å². The molecule has 0 saturated carbocycles. The number of hydrogen-bond donors (Lipinski definition) is 1.